The van der Waals surface area contributed by atoms with E-state index in [-0.39, 0.29) is 24.4 Å². The number of carbonyl (C=O) groups excluding carboxylic acids is 2. The van der Waals surface area contributed by atoms with E-state index in [1.54, 1.807) is 0 Å². The second kappa shape index (κ2) is 11.4. The van der Waals surface area contributed by atoms with Crippen molar-refractivity contribution in [3.63, 3.8) is 0 Å². The van der Waals surface area contributed by atoms with E-state index in [0.717, 1.165) is 35.7 Å². The van der Waals surface area contributed by atoms with Crippen molar-refractivity contribution in [3.8, 4) is 0 Å². The number of nitrogens with one attached hydrogen (secondary N) is 4. The van der Waals surface area contributed by atoms with Crippen molar-refractivity contribution < 1.29 is 19.5 Å². The molecule has 5 atom stereocenters. The first-order valence-corrected chi connectivity index (χ1v) is 12.3. The number of aromatic amines is 1. The number of benzene rings is 1. The van der Waals surface area contributed by atoms with Crippen LogP contribution in [-0.4, -0.2) is 46.6 Å². The summed E-state index contributed by atoms with van der Waals surface area (Å²) in [7, 11) is 0. The van der Waals surface area contributed by atoms with Crippen molar-refractivity contribution in [3.05, 3.63) is 36.0 Å². The highest BCUT2D eigenvalue weighted by Crippen LogP contribution is 2.38. The molecule has 2 unspecified atom stereocenters. The maximum absolute atomic E-state index is 13.2. The number of hydrogen-bond acceptors (Lipinski definition) is 3. The molecule has 0 aliphatic heterocycles. The van der Waals surface area contributed by atoms with Crippen LogP contribution in [0.4, 0.5) is 4.79 Å². The van der Waals surface area contributed by atoms with E-state index in [1.807, 2.05) is 30.5 Å². The molecule has 1 aliphatic rings. The number of H-pyrrole nitrogens is 1. The highest BCUT2D eigenvalue weighted by molar-refractivity contribution is 5.86. The lowest BCUT2D eigenvalue weighted by atomic mass is 9.70. The number of amides is 3. The van der Waals surface area contributed by atoms with Crippen LogP contribution >= 0.6 is 0 Å². The third kappa shape index (κ3) is 6.52. The van der Waals surface area contributed by atoms with Crippen LogP contribution < -0.4 is 16.0 Å². The first-order valence-electron chi connectivity index (χ1n) is 12.3. The Morgan fingerprint density at radius 2 is 1.85 bits per heavy atom. The molecule has 1 saturated carbocycles. The third-order valence-electron chi connectivity index (χ3n) is 7.10. The maximum Gasteiger partial charge on any atom is 0.405 e. The van der Waals surface area contributed by atoms with Gasteiger partial charge in [0.05, 0.1) is 6.04 Å². The molecule has 1 aromatic heterocycles. The molecule has 8 heteroatoms. The van der Waals surface area contributed by atoms with Gasteiger partial charge in [-0.1, -0.05) is 45.4 Å². The van der Waals surface area contributed by atoms with Gasteiger partial charge in [-0.25, -0.2) is 4.79 Å². The van der Waals surface area contributed by atoms with Crippen LogP contribution in [0.1, 0.15) is 52.5 Å². The second-order valence-electron chi connectivity index (χ2n) is 10.1. The number of hydrogen-bond donors (Lipinski definition) is 5. The lowest BCUT2D eigenvalue weighted by Crippen LogP contribution is -2.52. The first-order chi connectivity index (χ1) is 16.2. The van der Waals surface area contributed by atoms with Gasteiger partial charge >= 0.3 is 6.09 Å². The van der Waals surface area contributed by atoms with Crippen molar-refractivity contribution >= 4 is 28.8 Å². The highest BCUT2D eigenvalue weighted by atomic mass is 16.4. The monoisotopic (exact) mass is 470 g/mol. The fourth-order valence-corrected chi connectivity index (χ4v) is 5.18. The van der Waals surface area contributed by atoms with E-state index in [1.165, 1.54) is 6.92 Å². The fourth-order valence-electron chi connectivity index (χ4n) is 5.18. The summed E-state index contributed by atoms with van der Waals surface area (Å²) in [6, 6.07) is 6.64. The Bertz CT molecular complexity index is 1000. The summed E-state index contributed by atoms with van der Waals surface area (Å²) >= 11 is 0. The van der Waals surface area contributed by atoms with E-state index in [0.29, 0.717) is 24.2 Å². The summed E-state index contributed by atoms with van der Waals surface area (Å²) in [5, 5.41) is 18.2. The number of para-hydroxylation sites is 1. The quantitative estimate of drug-likeness (QED) is 0.384. The van der Waals surface area contributed by atoms with Crippen LogP contribution in [0.25, 0.3) is 10.9 Å². The number of carbonyl (C=O) groups is 3. The van der Waals surface area contributed by atoms with Gasteiger partial charge in [0.2, 0.25) is 11.8 Å². The standard InChI is InChI=1S/C26H38N4O4/c1-15(2)20-10-9-16(3)11-22(20)25(32)28-14-19(30-24(31)17(4)29-26(33)34)12-18-13-27-23-8-6-5-7-21(18)23/h5-8,13,15-17,19-20,22,27,29H,9-12,14H2,1-4H3,(H,28,32)(H,30,31)(H,33,34)/t16-,17?,19?,20+,22-/m1/s1. The fraction of sp³-hybridized carbons (Fsp3) is 0.577. The molecule has 1 fully saturated rings. The van der Waals surface area contributed by atoms with Gasteiger partial charge in [0.25, 0.3) is 0 Å². The molecule has 0 saturated heterocycles. The molecule has 2 aromatic rings. The van der Waals surface area contributed by atoms with Crippen LogP contribution in [0.3, 0.4) is 0 Å². The van der Waals surface area contributed by atoms with Crippen molar-refractivity contribution in [2.45, 2.75) is 65.5 Å². The Kier molecular flexibility index (Phi) is 8.58. The van der Waals surface area contributed by atoms with Crippen molar-refractivity contribution in [1.29, 1.82) is 0 Å². The number of rotatable bonds is 9. The molecule has 1 aromatic carbocycles. The molecule has 0 spiro atoms. The number of aromatic nitrogens is 1. The van der Waals surface area contributed by atoms with Crippen molar-refractivity contribution in [1.82, 2.24) is 20.9 Å². The van der Waals surface area contributed by atoms with Crippen LogP contribution in [0.15, 0.2) is 30.5 Å². The summed E-state index contributed by atoms with van der Waals surface area (Å²) in [6.45, 7) is 8.34. The van der Waals surface area contributed by atoms with Gasteiger partial charge in [0.15, 0.2) is 0 Å². The molecule has 3 rings (SSSR count). The first kappa shape index (κ1) is 25.6. The van der Waals surface area contributed by atoms with E-state index in [2.05, 4.69) is 41.7 Å². The Labute approximate surface area is 201 Å². The van der Waals surface area contributed by atoms with Gasteiger partial charge < -0.3 is 26.0 Å². The van der Waals surface area contributed by atoms with Crippen LogP contribution in [0.2, 0.25) is 0 Å². The van der Waals surface area contributed by atoms with Crippen LogP contribution in [-0.2, 0) is 16.0 Å². The smallest absolute Gasteiger partial charge is 0.405 e. The molecule has 1 heterocycles. The molecule has 3 amide bonds. The molecule has 0 bridgehead atoms. The van der Waals surface area contributed by atoms with Gasteiger partial charge in [-0.05, 0) is 55.6 Å². The highest BCUT2D eigenvalue weighted by Gasteiger charge is 2.35. The lowest BCUT2D eigenvalue weighted by molar-refractivity contribution is -0.130. The van der Waals surface area contributed by atoms with Crippen LogP contribution in [0, 0.1) is 23.7 Å². The number of fused-ring (bicyclic) bond motifs is 1. The van der Waals surface area contributed by atoms with Crippen molar-refractivity contribution in [2.24, 2.45) is 23.7 Å². The molecular weight excluding hydrogens is 432 g/mol. The Balaban J connectivity index is 1.72. The SMILES string of the molecule is CC(NC(=O)O)C(=O)NC(CNC(=O)[C@@H]1C[C@H](C)CC[C@H]1C(C)C)Cc1c[nH]c2ccccc12. The Morgan fingerprint density at radius 1 is 1.12 bits per heavy atom. The van der Waals surface area contributed by atoms with Gasteiger partial charge in [-0.3, -0.25) is 9.59 Å². The molecule has 1 aliphatic carbocycles. The van der Waals surface area contributed by atoms with Gasteiger partial charge in [-0.15, -0.1) is 0 Å². The predicted octanol–water partition coefficient (Wildman–Crippen LogP) is 3.68. The maximum atomic E-state index is 13.2. The second-order valence-corrected chi connectivity index (χ2v) is 10.1. The summed E-state index contributed by atoms with van der Waals surface area (Å²) in [4.78, 5) is 40.1. The zero-order valence-electron chi connectivity index (χ0n) is 20.6. The molecule has 34 heavy (non-hydrogen) atoms. The molecular formula is C26H38N4O4. The largest absolute Gasteiger partial charge is 0.465 e. The van der Waals surface area contributed by atoms with E-state index in [9.17, 15) is 14.4 Å². The third-order valence-corrected chi connectivity index (χ3v) is 7.10. The average Bonchev–Trinajstić information content (AvgIpc) is 3.19. The molecule has 186 valence electrons. The molecule has 5 N–H and O–H groups in total. The zero-order valence-corrected chi connectivity index (χ0v) is 20.6. The molecule has 0 radical (unpaired) electrons. The van der Waals surface area contributed by atoms with E-state index < -0.39 is 18.0 Å². The minimum absolute atomic E-state index is 0.0270. The summed E-state index contributed by atoms with van der Waals surface area (Å²) in [5.41, 5.74) is 2.03. The van der Waals surface area contributed by atoms with Crippen LogP contribution in [0.5, 0.6) is 0 Å². The van der Waals surface area contributed by atoms with Gasteiger partial charge in [-0.2, -0.15) is 0 Å². The minimum Gasteiger partial charge on any atom is -0.465 e. The van der Waals surface area contributed by atoms with Gasteiger partial charge in [0.1, 0.15) is 6.04 Å². The topological polar surface area (TPSA) is 123 Å². The predicted molar refractivity (Wildman–Crippen MR) is 132 cm³/mol. The molecule has 8 nitrogen and oxygen atoms in total. The summed E-state index contributed by atoms with van der Waals surface area (Å²) in [6.07, 6.45) is 4.27. The van der Waals surface area contributed by atoms with E-state index >= 15 is 0 Å². The Morgan fingerprint density at radius 3 is 2.56 bits per heavy atom. The summed E-state index contributed by atoms with van der Waals surface area (Å²) in [5.74, 6) is 0.912. The zero-order chi connectivity index (χ0) is 24.8. The Hall–Kier alpha value is -3.03. The average molecular weight is 471 g/mol. The lowest BCUT2D eigenvalue weighted by Gasteiger charge is -2.36. The summed E-state index contributed by atoms with van der Waals surface area (Å²) < 4.78 is 0. The number of carboxylic acid groups (broad SMARTS) is 1. The van der Waals surface area contributed by atoms with Crippen molar-refractivity contribution in [2.75, 3.05) is 6.54 Å². The minimum atomic E-state index is -1.25. The van der Waals surface area contributed by atoms with E-state index in [4.69, 9.17) is 5.11 Å². The normalized spacial score (nSPS) is 22.2. The van der Waals surface area contributed by atoms with Gasteiger partial charge in [0, 0.05) is 29.6 Å².